The second-order valence-corrected chi connectivity index (χ2v) is 5.85. The number of rotatable bonds is 4. The highest BCUT2D eigenvalue weighted by molar-refractivity contribution is 5.95. The van der Waals surface area contributed by atoms with Crippen LogP contribution in [0.4, 0.5) is 0 Å². The van der Waals surface area contributed by atoms with E-state index in [4.69, 9.17) is 9.26 Å². The number of hydrogen-bond acceptors (Lipinski definition) is 6. The normalized spacial score (nSPS) is 15.8. The first-order chi connectivity index (χ1) is 12.7. The summed E-state index contributed by atoms with van der Waals surface area (Å²) >= 11 is 0. The molecule has 2 heterocycles. The quantitative estimate of drug-likeness (QED) is 0.725. The Labute approximate surface area is 149 Å². The van der Waals surface area contributed by atoms with E-state index in [2.05, 4.69) is 15.5 Å². The largest absolute Gasteiger partial charge is 0.448 e. The smallest absolute Gasteiger partial charge is 0.339 e. The highest BCUT2D eigenvalue weighted by Crippen LogP contribution is 2.20. The van der Waals surface area contributed by atoms with Crippen LogP contribution in [-0.4, -0.2) is 28.1 Å². The predicted molar refractivity (Wildman–Crippen MR) is 90.9 cm³/mol. The SMILES string of the molecule is O=C1OC(C(=O)NCc2nc(-c3ccccc3)no2)Cc2ccccc21. The van der Waals surface area contributed by atoms with E-state index in [1.54, 1.807) is 12.1 Å². The van der Waals surface area contributed by atoms with Crippen molar-refractivity contribution in [2.45, 2.75) is 19.1 Å². The molecule has 0 aliphatic carbocycles. The summed E-state index contributed by atoms with van der Waals surface area (Å²) in [6.45, 7) is 0.0639. The highest BCUT2D eigenvalue weighted by atomic mass is 16.5. The summed E-state index contributed by atoms with van der Waals surface area (Å²) in [5.41, 5.74) is 2.13. The van der Waals surface area contributed by atoms with Crippen LogP contribution in [0.25, 0.3) is 11.4 Å². The molecule has 0 spiro atoms. The van der Waals surface area contributed by atoms with Gasteiger partial charge in [-0.25, -0.2) is 4.79 Å². The van der Waals surface area contributed by atoms with E-state index in [0.29, 0.717) is 17.8 Å². The molecule has 1 aromatic heterocycles. The maximum Gasteiger partial charge on any atom is 0.339 e. The fourth-order valence-corrected chi connectivity index (χ4v) is 2.79. The number of esters is 1. The third kappa shape index (κ3) is 3.19. The van der Waals surface area contributed by atoms with Crippen LogP contribution in [0.1, 0.15) is 21.8 Å². The Balaban J connectivity index is 1.39. The zero-order valence-corrected chi connectivity index (χ0v) is 13.7. The molecule has 4 rings (SSSR count). The van der Waals surface area contributed by atoms with Gasteiger partial charge in [0.2, 0.25) is 11.7 Å². The lowest BCUT2D eigenvalue weighted by molar-refractivity contribution is -0.130. The summed E-state index contributed by atoms with van der Waals surface area (Å²) < 4.78 is 10.4. The molecule has 0 radical (unpaired) electrons. The fourth-order valence-electron chi connectivity index (χ4n) is 2.79. The molecule has 7 nitrogen and oxygen atoms in total. The van der Waals surface area contributed by atoms with Crippen molar-refractivity contribution in [3.8, 4) is 11.4 Å². The zero-order chi connectivity index (χ0) is 17.9. The van der Waals surface area contributed by atoms with Crippen LogP contribution in [0.15, 0.2) is 59.1 Å². The number of cyclic esters (lactones) is 1. The Morgan fingerprint density at radius 3 is 2.73 bits per heavy atom. The number of amides is 1. The number of aromatic nitrogens is 2. The molecule has 1 N–H and O–H groups in total. The van der Waals surface area contributed by atoms with Gasteiger partial charge in [-0.2, -0.15) is 4.98 Å². The monoisotopic (exact) mass is 349 g/mol. The average Bonchev–Trinajstić information content (AvgIpc) is 3.16. The Hall–Kier alpha value is -3.48. The number of benzene rings is 2. The Bertz CT molecular complexity index is 952. The Kier molecular flexibility index (Phi) is 4.18. The summed E-state index contributed by atoms with van der Waals surface area (Å²) in [5, 5.41) is 6.57. The minimum atomic E-state index is -0.867. The third-order valence-corrected chi connectivity index (χ3v) is 4.10. The van der Waals surface area contributed by atoms with Crippen LogP contribution in [0.3, 0.4) is 0 Å². The van der Waals surface area contributed by atoms with Gasteiger partial charge in [-0.15, -0.1) is 0 Å². The van der Waals surface area contributed by atoms with Crippen molar-refractivity contribution in [2.75, 3.05) is 0 Å². The molecule has 0 fully saturated rings. The topological polar surface area (TPSA) is 94.3 Å². The van der Waals surface area contributed by atoms with Gasteiger partial charge in [0, 0.05) is 12.0 Å². The third-order valence-electron chi connectivity index (χ3n) is 4.10. The van der Waals surface area contributed by atoms with Crippen molar-refractivity contribution in [1.29, 1.82) is 0 Å². The van der Waals surface area contributed by atoms with E-state index >= 15 is 0 Å². The minimum absolute atomic E-state index is 0.0639. The van der Waals surface area contributed by atoms with Gasteiger partial charge in [-0.1, -0.05) is 53.7 Å². The van der Waals surface area contributed by atoms with Crippen LogP contribution < -0.4 is 5.32 Å². The van der Waals surface area contributed by atoms with Gasteiger partial charge in [-0.05, 0) is 11.6 Å². The van der Waals surface area contributed by atoms with Crippen LogP contribution >= 0.6 is 0 Å². The van der Waals surface area contributed by atoms with E-state index in [-0.39, 0.29) is 12.4 Å². The van der Waals surface area contributed by atoms with Crippen molar-refractivity contribution in [3.63, 3.8) is 0 Å². The lowest BCUT2D eigenvalue weighted by atomic mass is 9.98. The standard InChI is InChI=1S/C19H15N3O4/c23-18(15-10-13-8-4-5-9-14(13)19(24)25-15)20-11-16-21-17(22-26-16)12-6-2-1-3-7-12/h1-9,15H,10-11H2,(H,20,23). The first kappa shape index (κ1) is 16.0. The number of nitrogens with one attached hydrogen (secondary N) is 1. The van der Waals surface area contributed by atoms with Gasteiger partial charge in [0.15, 0.2) is 6.10 Å². The van der Waals surface area contributed by atoms with E-state index in [1.165, 1.54) is 0 Å². The summed E-state index contributed by atoms with van der Waals surface area (Å²) in [7, 11) is 0. The number of fused-ring (bicyclic) bond motifs is 1. The second-order valence-electron chi connectivity index (χ2n) is 5.85. The van der Waals surface area contributed by atoms with Crippen LogP contribution in [0.5, 0.6) is 0 Å². The van der Waals surface area contributed by atoms with Crippen molar-refractivity contribution >= 4 is 11.9 Å². The van der Waals surface area contributed by atoms with Crippen molar-refractivity contribution in [1.82, 2.24) is 15.5 Å². The fraction of sp³-hybridized carbons (Fsp3) is 0.158. The molecule has 26 heavy (non-hydrogen) atoms. The molecule has 0 saturated heterocycles. The molecule has 7 heteroatoms. The van der Waals surface area contributed by atoms with Crippen molar-refractivity contribution in [2.24, 2.45) is 0 Å². The lowest BCUT2D eigenvalue weighted by Crippen LogP contribution is -2.41. The maximum absolute atomic E-state index is 12.3. The molecule has 1 aliphatic heterocycles. The molecule has 130 valence electrons. The average molecular weight is 349 g/mol. The van der Waals surface area contributed by atoms with Gasteiger partial charge < -0.3 is 14.6 Å². The second kappa shape index (κ2) is 6.79. The first-order valence-electron chi connectivity index (χ1n) is 8.15. The van der Waals surface area contributed by atoms with E-state index in [0.717, 1.165) is 11.1 Å². The van der Waals surface area contributed by atoms with Crippen LogP contribution in [-0.2, 0) is 22.5 Å². The van der Waals surface area contributed by atoms with E-state index < -0.39 is 18.0 Å². The summed E-state index contributed by atoms with van der Waals surface area (Å²) in [6.07, 6.45) is -0.527. The van der Waals surface area contributed by atoms with Crippen LogP contribution in [0, 0.1) is 0 Å². The number of nitrogens with zero attached hydrogens (tertiary/aromatic N) is 2. The zero-order valence-electron chi connectivity index (χ0n) is 13.7. The van der Waals surface area contributed by atoms with Crippen molar-refractivity contribution < 1.29 is 18.8 Å². The first-order valence-corrected chi connectivity index (χ1v) is 8.15. The molecule has 1 unspecified atom stereocenters. The number of hydrogen-bond donors (Lipinski definition) is 1. The minimum Gasteiger partial charge on any atom is -0.448 e. The summed E-state index contributed by atoms with van der Waals surface area (Å²) in [4.78, 5) is 28.6. The van der Waals surface area contributed by atoms with Crippen molar-refractivity contribution in [3.05, 3.63) is 71.6 Å². The molecule has 1 aliphatic rings. The highest BCUT2D eigenvalue weighted by Gasteiger charge is 2.31. The van der Waals surface area contributed by atoms with Gasteiger partial charge in [-0.3, -0.25) is 4.79 Å². The molecule has 0 saturated carbocycles. The number of ether oxygens (including phenoxy) is 1. The molecule has 1 atom stereocenters. The maximum atomic E-state index is 12.3. The molecule has 2 aromatic carbocycles. The van der Waals surface area contributed by atoms with Crippen LogP contribution in [0.2, 0.25) is 0 Å². The van der Waals surface area contributed by atoms with Gasteiger partial charge in [0.1, 0.15) is 0 Å². The Morgan fingerprint density at radius 2 is 1.88 bits per heavy atom. The number of carbonyl (C=O) groups excluding carboxylic acids is 2. The summed E-state index contributed by atoms with van der Waals surface area (Å²) in [6, 6.07) is 16.5. The summed E-state index contributed by atoms with van der Waals surface area (Å²) in [5.74, 6) is -0.156. The molecule has 1 amide bonds. The van der Waals surface area contributed by atoms with Gasteiger partial charge in [0.25, 0.3) is 5.91 Å². The van der Waals surface area contributed by atoms with E-state index in [1.807, 2.05) is 42.5 Å². The lowest BCUT2D eigenvalue weighted by Gasteiger charge is -2.23. The predicted octanol–water partition coefficient (Wildman–Crippen LogP) is 2.13. The van der Waals surface area contributed by atoms with Gasteiger partial charge >= 0.3 is 5.97 Å². The molecular weight excluding hydrogens is 334 g/mol. The molecule has 0 bridgehead atoms. The van der Waals surface area contributed by atoms with E-state index in [9.17, 15) is 9.59 Å². The molecule has 3 aromatic rings. The Morgan fingerprint density at radius 1 is 1.12 bits per heavy atom. The van der Waals surface area contributed by atoms with Gasteiger partial charge in [0.05, 0.1) is 12.1 Å². The number of carbonyl (C=O) groups is 2. The molecular formula is C19H15N3O4.